The molecule has 0 radical (unpaired) electrons. The molecule has 2 unspecified atom stereocenters. The molecule has 1 aliphatic heterocycles. The molecule has 4 rings (SSSR count). The molecule has 1 aromatic heterocycles. The van der Waals surface area contributed by atoms with Crippen molar-refractivity contribution in [2.75, 3.05) is 18.4 Å². The lowest BCUT2D eigenvalue weighted by Gasteiger charge is -2.35. The summed E-state index contributed by atoms with van der Waals surface area (Å²) in [4.78, 5) is 17.7. The molecule has 0 bridgehead atoms. The van der Waals surface area contributed by atoms with Crippen molar-refractivity contribution in [1.82, 2.24) is 9.88 Å². The molecule has 7 nitrogen and oxygen atoms in total. The van der Waals surface area contributed by atoms with Gasteiger partial charge in [-0.05, 0) is 49.2 Å². The average molecular weight is 504 g/mol. The molecule has 1 amide bonds. The fourth-order valence-corrected chi connectivity index (χ4v) is 5.05. The number of hydrogen-bond acceptors (Lipinski definition) is 6. The number of alkyl halides is 1. The first-order valence-electron chi connectivity index (χ1n) is 10.6. The number of nitrogens with zero attached hydrogens (tertiary/aromatic N) is 2. The molecule has 1 N–H and O–H groups in total. The van der Waals surface area contributed by atoms with Gasteiger partial charge in [0.05, 0.1) is 5.38 Å². The summed E-state index contributed by atoms with van der Waals surface area (Å²) in [7, 11) is -4.45. The molecule has 10 heteroatoms. The van der Waals surface area contributed by atoms with Crippen LogP contribution < -0.4 is 5.32 Å². The predicted molar refractivity (Wildman–Crippen MR) is 127 cm³/mol. The maximum absolute atomic E-state index is 13.2. The molecule has 0 saturated carbocycles. The van der Waals surface area contributed by atoms with Gasteiger partial charge in [0.1, 0.15) is 5.82 Å². The Bertz CT molecular complexity index is 1270. The first kappa shape index (κ1) is 24.0. The largest absolute Gasteiger partial charge is 0.425 e. The lowest BCUT2D eigenvalue weighted by molar-refractivity contribution is 0.141. The molecule has 1 saturated heterocycles. The number of likely N-dealkylation sites (tertiary alicyclic amines) is 1. The normalized spacial score (nSPS) is 18.4. The zero-order valence-corrected chi connectivity index (χ0v) is 19.9. The minimum absolute atomic E-state index is 0.0888. The lowest BCUT2D eigenvalue weighted by Crippen LogP contribution is -2.44. The number of carbonyl (C=O) groups is 1. The van der Waals surface area contributed by atoms with Crippen molar-refractivity contribution in [2.45, 2.75) is 29.7 Å². The van der Waals surface area contributed by atoms with E-state index in [0.717, 1.165) is 16.8 Å². The van der Waals surface area contributed by atoms with E-state index in [1.807, 2.05) is 31.2 Å². The maximum atomic E-state index is 13.2. The van der Waals surface area contributed by atoms with Gasteiger partial charge in [-0.2, -0.15) is 8.42 Å². The Morgan fingerprint density at radius 1 is 1.12 bits per heavy atom. The summed E-state index contributed by atoms with van der Waals surface area (Å²) < 4.78 is 43.5. The number of piperidine rings is 1. The first-order valence-corrected chi connectivity index (χ1v) is 12.5. The number of hydrogen-bond donors (Lipinski definition) is 1. The van der Waals surface area contributed by atoms with Crippen LogP contribution in [0.4, 0.5) is 20.6 Å². The van der Waals surface area contributed by atoms with Crippen LogP contribution in [0.15, 0.2) is 71.9 Å². The number of benzene rings is 2. The molecule has 3 aromatic rings. The number of pyridine rings is 1. The van der Waals surface area contributed by atoms with E-state index in [2.05, 4.69) is 10.3 Å². The van der Waals surface area contributed by atoms with Gasteiger partial charge in [-0.15, -0.1) is 11.6 Å². The highest BCUT2D eigenvalue weighted by Crippen LogP contribution is 2.32. The second-order valence-corrected chi connectivity index (χ2v) is 10.1. The lowest BCUT2D eigenvalue weighted by atomic mass is 9.89. The molecule has 2 heterocycles. The summed E-state index contributed by atoms with van der Waals surface area (Å²) in [6.07, 6.45) is 0.797. The Morgan fingerprint density at radius 2 is 1.82 bits per heavy atom. The average Bonchev–Trinajstić information content (AvgIpc) is 2.81. The standard InChI is InChI=1S/C24H23ClFN3O4S/c1-16-2-8-19(9-3-16)28-20-10-12-27-23(14-20)34(31,32)33-24(30)29-13-11-21(22(25)15-29)17-4-6-18(26)7-5-17/h2-10,12,14,21-22H,11,13,15H2,1H3,(H,27,28). The Labute approximate surface area is 202 Å². The highest BCUT2D eigenvalue weighted by atomic mass is 35.5. The van der Waals surface area contributed by atoms with Crippen LogP contribution >= 0.6 is 11.6 Å². The van der Waals surface area contributed by atoms with Gasteiger partial charge >= 0.3 is 16.2 Å². The third-order valence-corrected chi connectivity index (χ3v) is 7.15. The molecule has 0 spiro atoms. The zero-order valence-electron chi connectivity index (χ0n) is 18.3. The molecule has 1 fully saturated rings. The number of carbonyl (C=O) groups excluding carboxylic acids is 1. The van der Waals surface area contributed by atoms with Crippen LogP contribution in [-0.4, -0.2) is 42.9 Å². The van der Waals surface area contributed by atoms with E-state index in [1.165, 1.54) is 29.3 Å². The maximum Gasteiger partial charge on any atom is 0.425 e. The molecular formula is C24H23ClFN3O4S. The summed E-state index contributed by atoms with van der Waals surface area (Å²) in [6.45, 7) is 2.31. The predicted octanol–water partition coefficient (Wildman–Crippen LogP) is 5.19. The van der Waals surface area contributed by atoms with Crippen LogP contribution in [0.1, 0.15) is 23.5 Å². The van der Waals surface area contributed by atoms with Gasteiger partial charge in [0.2, 0.25) is 0 Å². The fourth-order valence-electron chi connectivity index (χ4n) is 3.77. The Kier molecular flexibility index (Phi) is 7.04. The Hall–Kier alpha value is -3.17. The van der Waals surface area contributed by atoms with Crippen molar-refractivity contribution in [1.29, 1.82) is 0 Å². The van der Waals surface area contributed by atoms with Gasteiger partial charge in [0.15, 0.2) is 5.03 Å². The minimum atomic E-state index is -4.45. The van der Waals surface area contributed by atoms with E-state index in [1.54, 1.807) is 18.2 Å². The van der Waals surface area contributed by atoms with Crippen molar-refractivity contribution in [3.8, 4) is 0 Å². The zero-order chi connectivity index (χ0) is 24.3. The van der Waals surface area contributed by atoms with E-state index in [-0.39, 0.29) is 29.9 Å². The van der Waals surface area contributed by atoms with Gasteiger partial charge in [0.25, 0.3) is 0 Å². The first-order chi connectivity index (χ1) is 16.2. The monoisotopic (exact) mass is 503 g/mol. The van der Waals surface area contributed by atoms with E-state index in [9.17, 15) is 17.6 Å². The molecule has 2 aromatic carbocycles. The second kappa shape index (κ2) is 9.99. The SMILES string of the molecule is Cc1ccc(Nc2ccnc(S(=O)(=O)OC(=O)N3CCC(c4ccc(F)cc4)C(Cl)C3)c2)cc1. The highest BCUT2D eigenvalue weighted by Gasteiger charge is 2.34. The summed E-state index contributed by atoms with van der Waals surface area (Å²) >= 11 is 6.48. The second-order valence-electron chi connectivity index (χ2n) is 8.09. The van der Waals surface area contributed by atoms with Crippen LogP contribution in [0.5, 0.6) is 0 Å². The van der Waals surface area contributed by atoms with E-state index in [0.29, 0.717) is 12.1 Å². The molecule has 0 aliphatic carbocycles. The number of halogens is 2. The van der Waals surface area contributed by atoms with Gasteiger partial charge < -0.3 is 14.4 Å². The van der Waals surface area contributed by atoms with Crippen molar-refractivity contribution in [3.05, 3.63) is 83.8 Å². The molecule has 1 aliphatic rings. The van der Waals surface area contributed by atoms with Gasteiger partial charge in [-0.3, -0.25) is 0 Å². The van der Waals surface area contributed by atoms with E-state index in [4.69, 9.17) is 15.8 Å². The Morgan fingerprint density at radius 3 is 2.50 bits per heavy atom. The minimum Gasteiger partial charge on any atom is -0.355 e. The number of nitrogens with one attached hydrogen (secondary N) is 1. The molecular weight excluding hydrogens is 481 g/mol. The number of aryl methyl sites for hydroxylation is 1. The van der Waals surface area contributed by atoms with Crippen LogP contribution in [0.3, 0.4) is 0 Å². The van der Waals surface area contributed by atoms with Gasteiger partial charge in [0, 0.05) is 42.6 Å². The van der Waals surface area contributed by atoms with Gasteiger partial charge in [-0.25, -0.2) is 14.2 Å². The van der Waals surface area contributed by atoms with Gasteiger partial charge in [-0.1, -0.05) is 29.8 Å². The topological polar surface area (TPSA) is 88.6 Å². The molecule has 178 valence electrons. The van der Waals surface area contributed by atoms with Crippen LogP contribution in [0, 0.1) is 12.7 Å². The third-order valence-electron chi connectivity index (χ3n) is 5.61. The molecule has 2 atom stereocenters. The quantitative estimate of drug-likeness (QED) is 0.380. The smallest absolute Gasteiger partial charge is 0.355 e. The number of rotatable bonds is 5. The number of anilines is 2. The van der Waals surface area contributed by atoms with Crippen molar-refractivity contribution in [2.24, 2.45) is 0 Å². The number of aromatic nitrogens is 1. The van der Waals surface area contributed by atoms with E-state index >= 15 is 0 Å². The third kappa shape index (κ3) is 5.66. The number of amides is 1. The Balaban J connectivity index is 1.40. The van der Waals surface area contributed by atoms with Crippen LogP contribution in [0.25, 0.3) is 0 Å². The van der Waals surface area contributed by atoms with Crippen LogP contribution in [-0.2, 0) is 14.3 Å². The van der Waals surface area contributed by atoms with Crippen molar-refractivity contribution in [3.63, 3.8) is 0 Å². The van der Waals surface area contributed by atoms with Crippen LogP contribution in [0.2, 0.25) is 0 Å². The summed E-state index contributed by atoms with van der Waals surface area (Å²) in [5.74, 6) is -0.429. The summed E-state index contributed by atoms with van der Waals surface area (Å²) in [5.41, 5.74) is 3.21. The summed E-state index contributed by atoms with van der Waals surface area (Å²) in [5, 5.41) is 2.23. The van der Waals surface area contributed by atoms with Crippen molar-refractivity contribution >= 4 is 39.2 Å². The molecule has 34 heavy (non-hydrogen) atoms. The summed E-state index contributed by atoms with van der Waals surface area (Å²) in [6, 6.07) is 16.5. The fraction of sp³-hybridized carbons (Fsp3) is 0.250. The van der Waals surface area contributed by atoms with Crippen molar-refractivity contribution < 1.29 is 21.8 Å². The highest BCUT2D eigenvalue weighted by molar-refractivity contribution is 7.87. The van der Waals surface area contributed by atoms with E-state index < -0.39 is 21.6 Å².